The summed E-state index contributed by atoms with van der Waals surface area (Å²) in [6, 6.07) is -0.222. The number of methoxy groups -OCH3 is 1. The van der Waals surface area contributed by atoms with E-state index in [-0.39, 0.29) is 17.8 Å². The van der Waals surface area contributed by atoms with E-state index in [0.29, 0.717) is 12.3 Å². The molecule has 0 bridgehead atoms. The molecule has 0 aromatic carbocycles. The normalized spacial score (nSPS) is 28.9. The largest absolute Gasteiger partial charge is 0.481 e. The number of fused-ring (bicyclic) bond motifs is 1. The van der Waals surface area contributed by atoms with Crippen molar-refractivity contribution in [1.82, 2.24) is 0 Å². The highest BCUT2D eigenvalue weighted by Crippen LogP contribution is 2.29. The maximum Gasteiger partial charge on any atom is 0.209 e. The lowest BCUT2D eigenvalue weighted by Crippen LogP contribution is -2.33. The van der Waals surface area contributed by atoms with Crippen LogP contribution in [0.5, 0.6) is 0 Å². The van der Waals surface area contributed by atoms with Crippen molar-refractivity contribution < 1.29 is 9.13 Å². The standard InChI is InChI=1S/C11H13FN2O/c1-3-7-8(12)6-13-9-4-5-10(15-2)14-11(7)9/h4-7,11H,3H2,1-2H3. The van der Waals surface area contributed by atoms with Gasteiger partial charge in [-0.3, -0.25) is 4.99 Å². The van der Waals surface area contributed by atoms with Crippen molar-refractivity contribution in [2.75, 3.05) is 7.11 Å². The third-order valence-electron chi connectivity index (χ3n) is 2.69. The molecule has 3 nitrogen and oxygen atoms in total. The fourth-order valence-electron chi connectivity index (χ4n) is 1.84. The van der Waals surface area contributed by atoms with E-state index in [1.165, 1.54) is 6.20 Å². The van der Waals surface area contributed by atoms with Crippen molar-refractivity contribution in [3.05, 3.63) is 24.2 Å². The van der Waals surface area contributed by atoms with Crippen molar-refractivity contribution in [2.45, 2.75) is 19.4 Å². The van der Waals surface area contributed by atoms with Crippen LogP contribution < -0.4 is 0 Å². The lowest BCUT2D eigenvalue weighted by molar-refractivity contribution is 0.386. The summed E-state index contributed by atoms with van der Waals surface area (Å²) in [4.78, 5) is 8.35. The smallest absolute Gasteiger partial charge is 0.209 e. The van der Waals surface area contributed by atoms with Gasteiger partial charge >= 0.3 is 0 Å². The Morgan fingerprint density at radius 3 is 2.93 bits per heavy atom. The molecule has 2 unspecified atom stereocenters. The highest BCUT2D eigenvalue weighted by molar-refractivity contribution is 6.08. The predicted molar refractivity (Wildman–Crippen MR) is 57.8 cm³/mol. The molecule has 0 saturated heterocycles. The van der Waals surface area contributed by atoms with Crippen LogP contribution in [0.15, 0.2) is 34.2 Å². The molecule has 15 heavy (non-hydrogen) atoms. The first kappa shape index (κ1) is 10.1. The van der Waals surface area contributed by atoms with Crippen molar-refractivity contribution in [3.63, 3.8) is 0 Å². The number of ether oxygens (including phenoxy) is 1. The number of hydrogen-bond donors (Lipinski definition) is 0. The molecule has 0 aromatic rings. The minimum atomic E-state index is -0.222. The molecular formula is C11H13FN2O. The number of nitrogens with zero attached hydrogens (tertiary/aromatic N) is 2. The average Bonchev–Trinajstić information content (AvgIpc) is 2.28. The lowest BCUT2D eigenvalue weighted by Gasteiger charge is -2.26. The van der Waals surface area contributed by atoms with Crippen molar-refractivity contribution in [2.24, 2.45) is 15.9 Å². The zero-order valence-corrected chi connectivity index (χ0v) is 8.77. The Morgan fingerprint density at radius 1 is 1.47 bits per heavy atom. The van der Waals surface area contributed by atoms with Crippen LogP contribution in [0, 0.1) is 5.92 Å². The van der Waals surface area contributed by atoms with Crippen LogP contribution in [0.3, 0.4) is 0 Å². The number of halogens is 1. The molecule has 0 aliphatic carbocycles. The molecule has 0 amide bonds. The zero-order valence-electron chi connectivity index (χ0n) is 8.77. The summed E-state index contributed by atoms with van der Waals surface area (Å²) in [6.07, 6.45) is 5.58. The molecule has 0 spiro atoms. The number of aliphatic imine (C=N–C) groups is 2. The van der Waals surface area contributed by atoms with Crippen LogP contribution in [-0.2, 0) is 4.74 Å². The Hall–Kier alpha value is -1.45. The summed E-state index contributed by atoms with van der Waals surface area (Å²) in [5.41, 5.74) is 0.809. The highest BCUT2D eigenvalue weighted by Gasteiger charge is 2.31. The van der Waals surface area contributed by atoms with Gasteiger partial charge in [0.15, 0.2) is 0 Å². The molecular weight excluding hydrogens is 195 g/mol. The first-order chi connectivity index (χ1) is 7.26. The topological polar surface area (TPSA) is 34.0 Å². The van der Waals surface area contributed by atoms with Crippen molar-refractivity contribution >= 4 is 11.6 Å². The van der Waals surface area contributed by atoms with Crippen molar-refractivity contribution in [3.8, 4) is 0 Å². The van der Waals surface area contributed by atoms with Gasteiger partial charge in [0, 0.05) is 12.0 Å². The number of rotatable bonds is 1. The average molecular weight is 208 g/mol. The summed E-state index contributed by atoms with van der Waals surface area (Å²) in [7, 11) is 1.56. The van der Waals surface area contributed by atoms with Gasteiger partial charge in [0.05, 0.1) is 19.0 Å². The molecule has 0 saturated carbocycles. The Labute approximate surface area is 88.1 Å². The zero-order chi connectivity index (χ0) is 10.8. The monoisotopic (exact) mass is 208 g/mol. The van der Waals surface area contributed by atoms with Gasteiger partial charge in [-0.1, -0.05) is 6.92 Å². The maximum absolute atomic E-state index is 13.5. The van der Waals surface area contributed by atoms with E-state index < -0.39 is 0 Å². The molecule has 0 aromatic heterocycles. The molecule has 0 N–H and O–H groups in total. The molecule has 2 atom stereocenters. The minimum absolute atomic E-state index is 0.194. The van der Waals surface area contributed by atoms with Crippen LogP contribution in [0.4, 0.5) is 4.39 Å². The third-order valence-corrected chi connectivity index (χ3v) is 2.69. The summed E-state index contributed by atoms with van der Waals surface area (Å²) in [5, 5.41) is 0. The summed E-state index contributed by atoms with van der Waals surface area (Å²) >= 11 is 0. The van der Waals surface area contributed by atoms with Gasteiger partial charge in [0.25, 0.3) is 0 Å². The summed E-state index contributed by atoms with van der Waals surface area (Å²) in [5.74, 6) is 0.139. The van der Waals surface area contributed by atoms with Gasteiger partial charge in [0.2, 0.25) is 5.90 Å². The molecule has 2 heterocycles. The molecule has 2 aliphatic rings. The predicted octanol–water partition coefficient (Wildman–Crippen LogP) is 2.26. The van der Waals surface area contributed by atoms with Gasteiger partial charge in [-0.15, -0.1) is 0 Å². The van der Waals surface area contributed by atoms with E-state index in [1.54, 1.807) is 13.2 Å². The molecule has 4 heteroatoms. The van der Waals surface area contributed by atoms with E-state index in [4.69, 9.17) is 4.74 Å². The van der Waals surface area contributed by atoms with Crippen molar-refractivity contribution in [1.29, 1.82) is 0 Å². The van der Waals surface area contributed by atoms with Gasteiger partial charge in [-0.2, -0.15) is 0 Å². The number of hydrogen-bond acceptors (Lipinski definition) is 3. The van der Waals surface area contributed by atoms with Crippen LogP contribution in [-0.4, -0.2) is 24.8 Å². The van der Waals surface area contributed by atoms with Crippen LogP contribution in [0.25, 0.3) is 0 Å². The SMILES string of the molecule is CCC1C(F)=CN=C2C=CC(OC)=NC21. The maximum atomic E-state index is 13.5. The van der Waals surface area contributed by atoms with E-state index >= 15 is 0 Å². The lowest BCUT2D eigenvalue weighted by atomic mass is 9.89. The molecule has 80 valence electrons. The molecule has 0 fully saturated rings. The highest BCUT2D eigenvalue weighted by atomic mass is 19.1. The minimum Gasteiger partial charge on any atom is -0.481 e. The Kier molecular flexibility index (Phi) is 2.66. The molecule has 2 rings (SSSR count). The number of dihydropyridines is 1. The second-order valence-corrected chi connectivity index (χ2v) is 3.53. The van der Waals surface area contributed by atoms with E-state index in [0.717, 1.165) is 5.71 Å². The van der Waals surface area contributed by atoms with E-state index in [2.05, 4.69) is 9.98 Å². The van der Waals surface area contributed by atoms with Crippen LogP contribution in [0.2, 0.25) is 0 Å². The van der Waals surface area contributed by atoms with Gasteiger partial charge in [-0.05, 0) is 12.5 Å². The first-order valence-corrected chi connectivity index (χ1v) is 4.99. The molecule has 0 radical (unpaired) electrons. The Morgan fingerprint density at radius 2 is 2.27 bits per heavy atom. The third kappa shape index (κ3) is 1.71. The first-order valence-electron chi connectivity index (χ1n) is 4.99. The van der Waals surface area contributed by atoms with E-state index in [9.17, 15) is 4.39 Å². The fourth-order valence-corrected chi connectivity index (χ4v) is 1.84. The van der Waals surface area contributed by atoms with Gasteiger partial charge in [-0.25, -0.2) is 9.38 Å². The van der Waals surface area contributed by atoms with Crippen LogP contribution >= 0.6 is 0 Å². The Bertz CT molecular complexity index is 382. The molecule has 2 aliphatic heterocycles. The quantitative estimate of drug-likeness (QED) is 0.650. The second kappa shape index (κ2) is 3.96. The summed E-state index contributed by atoms with van der Waals surface area (Å²) < 4.78 is 18.5. The van der Waals surface area contributed by atoms with Gasteiger partial charge in [0.1, 0.15) is 11.9 Å². The second-order valence-electron chi connectivity index (χ2n) is 3.53. The Balaban J connectivity index is 2.34. The fraction of sp³-hybridized carbons (Fsp3) is 0.455. The van der Waals surface area contributed by atoms with Crippen LogP contribution in [0.1, 0.15) is 13.3 Å². The summed E-state index contributed by atoms with van der Waals surface area (Å²) in [6.45, 7) is 1.95. The van der Waals surface area contributed by atoms with Gasteiger partial charge < -0.3 is 4.74 Å². The van der Waals surface area contributed by atoms with E-state index in [1.807, 2.05) is 13.0 Å².